The highest BCUT2D eigenvalue weighted by Gasteiger charge is 2.18. The minimum absolute atomic E-state index is 0.778. The highest BCUT2D eigenvalue weighted by molar-refractivity contribution is 5.59. The molecule has 3 rings (SSSR count). The van der Waals surface area contributed by atoms with Crippen molar-refractivity contribution in [2.45, 2.75) is 13.3 Å². The molecule has 1 saturated heterocycles. The van der Waals surface area contributed by atoms with Gasteiger partial charge >= 0.3 is 0 Å². The normalized spacial score (nSPS) is 15.8. The highest BCUT2D eigenvalue weighted by atomic mass is 15.0. The van der Waals surface area contributed by atoms with Crippen molar-refractivity contribution in [1.29, 1.82) is 0 Å². The number of nitrogens with one attached hydrogen (secondary N) is 2. The predicted molar refractivity (Wildman–Crippen MR) is 68.8 cm³/mol. The molecule has 1 aliphatic heterocycles. The molecule has 0 bridgehead atoms. The summed E-state index contributed by atoms with van der Waals surface area (Å²) in [6, 6.07) is 8.35. The van der Waals surface area contributed by atoms with Crippen molar-refractivity contribution in [3.05, 3.63) is 41.7 Å². The Labute approximate surface area is 101 Å². The van der Waals surface area contributed by atoms with Gasteiger partial charge in [-0.3, -0.25) is 0 Å². The van der Waals surface area contributed by atoms with Crippen molar-refractivity contribution in [3.8, 4) is 11.4 Å². The maximum Gasteiger partial charge on any atom is 0.137 e. The Balaban J connectivity index is 1.82. The Bertz CT molecular complexity index is 512. The largest absolute Gasteiger partial charge is 0.342 e. The van der Waals surface area contributed by atoms with E-state index < -0.39 is 0 Å². The summed E-state index contributed by atoms with van der Waals surface area (Å²) in [4.78, 5) is 7.91. The van der Waals surface area contributed by atoms with Crippen LogP contribution in [0.25, 0.3) is 11.4 Å². The number of imidazole rings is 1. The summed E-state index contributed by atoms with van der Waals surface area (Å²) in [6.45, 7) is 4.39. The number of H-pyrrole nitrogens is 1. The Hall–Kier alpha value is -1.61. The third-order valence-corrected chi connectivity index (χ3v) is 3.40. The van der Waals surface area contributed by atoms with Crippen LogP contribution in [0.15, 0.2) is 30.5 Å². The number of hydrogen-bond donors (Lipinski definition) is 2. The molecule has 3 heteroatoms. The molecule has 0 spiro atoms. The summed E-state index contributed by atoms with van der Waals surface area (Å²) in [7, 11) is 0. The van der Waals surface area contributed by atoms with E-state index in [4.69, 9.17) is 0 Å². The molecule has 3 nitrogen and oxygen atoms in total. The van der Waals surface area contributed by atoms with Crippen LogP contribution >= 0.6 is 0 Å². The van der Waals surface area contributed by atoms with Gasteiger partial charge in [-0.05, 0) is 37.9 Å². The Morgan fingerprint density at radius 1 is 1.29 bits per heavy atom. The van der Waals surface area contributed by atoms with Crippen LogP contribution in [0, 0.1) is 12.8 Å². The second-order valence-electron chi connectivity index (χ2n) is 4.80. The van der Waals surface area contributed by atoms with Crippen molar-refractivity contribution in [2.24, 2.45) is 5.92 Å². The second kappa shape index (κ2) is 4.34. The van der Waals surface area contributed by atoms with Gasteiger partial charge in [0.25, 0.3) is 0 Å². The number of aromatic amines is 1. The van der Waals surface area contributed by atoms with Gasteiger partial charge in [0.15, 0.2) is 0 Å². The molecule has 0 saturated carbocycles. The molecule has 0 aliphatic carbocycles. The zero-order valence-electron chi connectivity index (χ0n) is 10.0. The lowest BCUT2D eigenvalue weighted by Crippen LogP contribution is -2.43. The van der Waals surface area contributed by atoms with E-state index in [0.29, 0.717) is 0 Å². The van der Waals surface area contributed by atoms with Gasteiger partial charge < -0.3 is 10.3 Å². The third-order valence-electron chi connectivity index (χ3n) is 3.40. The van der Waals surface area contributed by atoms with E-state index in [2.05, 4.69) is 46.5 Å². The van der Waals surface area contributed by atoms with Crippen LogP contribution in [0.2, 0.25) is 0 Å². The van der Waals surface area contributed by atoms with Gasteiger partial charge in [-0.2, -0.15) is 0 Å². The summed E-state index contributed by atoms with van der Waals surface area (Å²) in [5.74, 6) is 1.77. The van der Waals surface area contributed by atoms with Crippen LogP contribution < -0.4 is 5.32 Å². The van der Waals surface area contributed by atoms with Gasteiger partial charge in [0.05, 0.1) is 0 Å². The summed E-state index contributed by atoms with van der Waals surface area (Å²) in [6.07, 6.45) is 3.08. The lowest BCUT2D eigenvalue weighted by atomic mass is 9.98. The molecule has 2 aromatic rings. The molecular formula is C14H17N3. The van der Waals surface area contributed by atoms with Gasteiger partial charge in [-0.1, -0.05) is 24.3 Å². The summed E-state index contributed by atoms with van der Waals surface area (Å²) in [5, 5.41) is 3.29. The topological polar surface area (TPSA) is 40.7 Å². The van der Waals surface area contributed by atoms with Crippen LogP contribution in [0.1, 0.15) is 11.3 Å². The average molecular weight is 227 g/mol. The van der Waals surface area contributed by atoms with Crippen molar-refractivity contribution in [1.82, 2.24) is 15.3 Å². The van der Waals surface area contributed by atoms with Gasteiger partial charge in [0, 0.05) is 17.5 Å². The van der Waals surface area contributed by atoms with Crippen LogP contribution in [0.3, 0.4) is 0 Å². The van der Waals surface area contributed by atoms with E-state index in [1.165, 1.54) is 16.8 Å². The zero-order chi connectivity index (χ0) is 11.7. The van der Waals surface area contributed by atoms with E-state index in [-0.39, 0.29) is 0 Å². The number of benzene rings is 1. The molecule has 88 valence electrons. The molecule has 1 aromatic heterocycles. The first-order valence-electron chi connectivity index (χ1n) is 6.13. The van der Waals surface area contributed by atoms with Crippen LogP contribution in [-0.4, -0.2) is 23.1 Å². The minimum Gasteiger partial charge on any atom is -0.342 e. The third kappa shape index (κ3) is 2.11. The second-order valence-corrected chi connectivity index (χ2v) is 4.80. The van der Waals surface area contributed by atoms with E-state index in [9.17, 15) is 0 Å². The molecule has 0 amide bonds. The van der Waals surface area contributed by atoms with Crippen molar-refractivity contribution in [2.75, 3.05) is 13.1 Å². The smallest absolute Gasteiger partial charge is 0.137 e. The molecule has 0 unspecified atom stereocenters. The maximum atomic E-state index is 4.48. The zero-order valence-corrected chi connectivity index (χ0v) is 10.0. The SMILES string of the molecule is Cc1ccccc1-c1ncc(CC2CNC2)[nH]1. The molecule has 1 aromatic carbocycles. The Kier molecular flexibility index (Phi) is 2.69. The molecule has 17 heavy (non-hydrogen) atoms. The fourth-order valence-electron chi connectivity index (χ4n) is 2.24. The predicted octanol–water partition coefficient (Wildman–Crippen LogP) is 2.15. The van der Waals surface area contributed by atoms with E-state index in [1.807, 2.05) is 6.20 Å². The molecular weight excluding hydrogens is 210 g/mol. The maximum absolute atomic E-state index is 4.48. The Morgan fingerprint density at radius 3 is 2.82 bits per heavy atom. The molecule has 1 fully saturated rings. The molecule has 0 radical (unpaired) electrons. The van der Waals surface area contributed by atoms with E-state index in [1.54, 1.807) is 0 Å². The first kappa shape index (κ1) is 10.5. The fourth-order valence-corrected chi connectivity index (χ4v) is 2.24. The summed E-state index contributed by atoms with van der Waals surface area (Å²) in [5.41, 5.74) is 3.71. The molecule has 0 atom stereocenters. The first-order chi connectivity index (χ1) is 8.33. The van der Waals surface area contributed by atoms with Crippen LogP contribution in [0.5, 0.6) is 0 Å². The standard InChI is InChI=1S/C14H17N3/c1-10-4-2-3-5-13(10)14-16-9-12(17-14)6-11-7-15-8-11/h2-5,9,11,15H,6-8H2,1H3,(H,16,17). The van der Waals surface area contributed by atoms with Gasteiger partial charge in [0.2, 0.25) is 0 Å². The number of aromatic nitrogens is 2. The number of rotatable bonds is 3. The summed E-state index contributed by atoms with van der Waals surface area (Å²) >= 11 is 0. The molecule has 2 heterocycles. The van der Waals surface area contributed by atoms with Crippen LogP contribution in [-0.2, 0) is 6.42 Å². The van der Waals surface area contributed by atoms with Gasteiger partial charge in [0.1, 0.15) is 5.82 Å². The average Bonchev–Trinajstić information content (AvgIpc) is 2.73. The molecule has 1 aliphatic rings. The number of aryl methyl sites for hydroxylation is 1. The highest BCUT2D eigenvalue weighted by Crippen LogP contribution is 2.21. The number of hydrogen-bond acceptors (Lipinski definition) is 2. The van der Waals surface area contributed by atoms with Crippen molar-refractivity contribution >= 4 is 0 Å². The lowest BCUT2D eigenvalue weighted by Gasteiger charge is -2.26. The number of nitrogens with zero attached hydrogens (tertiary/aromatic N) is 1. The molecule has 2 N–H and O–H groups in total. The first-order valence-corrected chi connectivity index (χ1v) is 6.13. The monoisotopic (exact) mass is 227 g/mol. The Morgan fingerprint density at radius 2 is 2.12 bits per heavy atom. The minimum atomic E-state index is 0.778. The fraction of sp³-hybridized carbons (Fsp3) is 0.357. The quantitative estimate of drug-likeness (QED) is 0.843. The lowest BCUT2D eigenvalue weighted by molar-refractivity contribution is 0.344. The van der Waals surface area contributed by atoms with Crippen molar-refractivity contribution < 1.29 is 0 Å². The van der Waals surface area contributed by atoms with Crippen LogP contribution in [0.4, 0.5) is 0 Å². The van der Waals surface area contributed by atoms with E-state index in [0.717, 1.165) is 31.3 Å². The van der Waals surface area contributed by atoms with Crippen molar-refractivity contribution in [3.63, 3.8) is 0 Å². The van der Waals surface area contributed by atoms with Gasteiger partial charge in [-0.25, -0.2) is 4.98 Å². The summed E-state index contributed by atoms with van der Waals surface area (Å²) < 4.78 is 0. The van der Waals surface area contributed by atoms with Gasteiger partial charge in [-0.15, -0.1) is 0 Å². The van der Waals surface area contributed by atoms with E-state index >= 15 is 0 Å².